The van der Waals surface area contributed by atoms with E-state index in [4.69, 9.17) is 18.0 Å². The summed E-state index contributed by atoms with van der Waals surface area (Å²) in [6.07, 6.45) is 7.20. The lowest BCUT2D eigenvalue weighted by atomic mass is 10.1. The molecule has 0 saturated heterocycles. The third-order valence-corrected chi connectivity index (χ3v) is 3.86. The Morgan fingerprint density at radius 2 is 2.00 bits per heavy atom. The topological polar surface area (TPSA) is 50.9 Å². The first-order chi connectivity index (χ1) is 8.25. The fraction of sp³-hybridized carbons (Fsp3) is 0.538. The third kappa shape index (κ3) is 2.41. The Labute approximate surface area is 107 Å². The molecule has 0 amide bonds. The van der Waals surface area contributed by atoms with Crippen LogP contribution in [0, 0.1) is 11.8 Å². The van der Waals surface area contributed by atoms with Gasteiger partial charge in [-0.25, -0.2) is 4.98 Å². The average molecular weight is 247 g/mol. The molecule has 3 rings (SSSR count). The Morgan fingerprint density at radius 1 is 1.35 bits per heavy atom. The summed E-state index contributed by atoms with van der Waals surface area (Å²) in [6, 6.07) is 4.40. The highest BCUT2D eigenvalue weighted by Crippen LogP contribution is 2.45. The van der Waals surface area contributed by atoms with Gasteiger partial charge in [-0.05, 0) is 49.7 Å². The molecule has 0 spiro atoms. The SMILES string of the molecule is NC(=S)c1cccnc1NC(C1CC1)C1CC1. The van der Waals surface area contributed by atoms with Gasteiger partial charge in [-0.2, -0.15) is 0 Å². The molecule has 4 heteroatoms. The smallest absolute Gasteiger partial charge is 0.136 e. The molecule has 2 fully saturated rings. The van der Waals surface area contributed by atoms with Crippen molar-refractivity contribution < 1.29 is 0 Å². The van der Waals surface area contributed by atoms with Gasteiger partial charge in [-0.3, -0.25) is 0 Å². The number of anilines is 1. The molecule has 1 aromatic heterocycles. The quantitative estimate of drug-likeness (QED) is 0.784. The van der Waals surface area contributed by atoms with Crippen LogP contribution in [0.3, 0.4) is 0 Å². The second kappa shape index (κ2) is 4.26. The van der Waals surface area contributed by atoms with E-state index in [9.17, 15) is 0 Å². The van der Waals surface area contributed by atoms with Crippen LogP contribution in [0.2, 0.25) is 0 Å². The molecule has 2 aliphatic carbocycles. The molecule has 1 aromatic rings. The monoisotopic (exact) mass is 247 g/mol. The third-order valence-electron chi connectivity index (χ3n) is 3.64. The Morgan fingerprint density at radius 3 is 2.53 bits per heavy atom. The summed E-state index contributed by atoms with van der Waals surface area (Å²) in [5.74, 6) is 2.54. The first kappa shape index (κ1) is 11.0. The number of rotatable bonds is 5. The first-order valence-corrected chi connectivity index (χ1v) is 6.68. The van der Waals surface area contributed by atoms with Crippen LogP contribution in [0.1, 0.15) is 31.2 Å². The Balaban J connectivity index is 1.80. The van der Waals surface area contributed by atoms with Crippen molar-refractivity contribution in [3.05, 3.63) is 23.9 Å². The average Bonchev–Trinajstić information content (AvgIpc) is 3.16. The van der Waals surface area contributed by atoms with Crippen LogP contribution in [0.15, 0.2) is 18.3 Å². The van der Waals surface area contributed by atoms with Crippen molar-refractivity contribution in [1.29, 1.82) is 0 Å². The van der Waals surface area contributed by atoms with E-state index in [1.54, 1.807) is 6.20 Å². The minimum absolute atomic E-state index is 0.422. The molecule has 90 valence electrons. The van der Waals surface area contributed by atoms with Gasteiger partial charge in [0.15, 0.2) is 0 Å². The molecule has 0 aliphatic heterocycles. The van der Waals surface area contributed by atoms with Gasteiger partial charge in [0.2, 0.25) is 0 Å². The molecule has 2 saturated carbocycles. The van der Waals surface area contributed by atoms with Crippen molar-refractivity contribution in [2.45, 2.75) is 31.7 Å². The highest BCUT2D eigenvalue weighted by molar-refractivity contribution is 7.80. The molecular weight excluding hydrogens is 230 g/mol. The van der Waals surface area contributed by atoms with Gasteiger partial charge in [0.1, 0.15) is 10.8 Å². The molecule has 2 aliphatic rings. The number of hydrogen-bond donors (Lipinski definition) is 2. The molecule has 0 bridgehead atoms. The van der Waals surface area contributed by atoms with Crippen LogP contribution in [0.5, 0.6) is 0 Å². The molecule has 17 heavy (non-hydrogen) atoms. The van der Waals surface area contributed by atoms with Crippen LogP contribution in [0.25, 0.3) is 0 Å². The van der Waals surface area contributed by atoms with Crippen molar-refractivity contribution in [2.75, 3.05) is 5.32 Å². The number of hydrogen-bond acceptors (Lipinski definition) is 3. The lowest BCUT2D eigenvalue weighted by molar-refractivity contribution is 0.565. The molecule has 1 heterocycles. The lowest BCUT2D eigenvalue weighted by Gasteiger charge is -2.19. The largest absolute Gasteiger partial charge is 0.389 e. The van der Waals surface area contributed by atoms with E-state index in [1.807, 2.05) is 12.1 Å². The van der Waals surface area contributed by atoms with E-state index >= 15 is 0 Å². The van der Waals surface area contributed by atoms with Crippen LogP contribution < -0.4 is 11.1 Å². The number of pyridine rings is 1. The van der Waals surface area contributed by atoms with E-state index in [-0.39, 0.29) is 0 Å². The van der Waals surface area contributed by atoms with Crippen LogP contribution >= 0.6 is 12.2 Å². The Kier molecular flexibility index (Phi) is 2.74. The zero-order valence-electron chi connectivity index (χ0n) is 9.73. The maximum atomic E-state index is 5.73. The summed E-state index contributed by atoms with van der Waals surface area (Å²) >= 11 is 5.06. The van der Waals surface area contributed by atoms with E-state index in [2.05, 4.69) is 10.3 Å². The van der Waals surface area contributed by atoms with Crippen molar-refractivity contribution in [3.8, 4) is 0 Å². The lowest BCUT2D eigenvalue weighted by Crippen LogP contribution is -2.26. The normalized spacial score (nSPS) is 19.4. The minimum Gasteiger partial charge on any atom is -0.389 e. The van der Waals surface area contributed by atoms with Crippen LogP contribution in [-0.4, -0.2) is 16.0 Å². The molecule has 0 unspecified atom stereocenters. The summed E-state index contributed by atoms with van der Waals surface area (Å²) in [5, 5.41) is 3.57. The first-order valence-electron chi connectivity index (χ1n) is 6.27. The summed E-state index contributed by atoms with van der Waals surface area (Å²) in [6.45, 7) is 0. The molecule has 0 aromatic carbocycles. The second-order valence-corrected chi connectivity index (χ2v) is 5.55. The highest BCUT2D eigenvalue weighted by Gasteiger charge is 2.41. The van der Waals surface area contributed by atoms with E-state index in [1.165, 1.54) is 25.7 Å². The number of nitrogens with one attached hydrogen (secondary N) is 1. The molecule has 0 radical (unpaired) electrons. The highest BCUT2D eigenvalue weighted by atomic mass is 32.1. The van der Waals surface area contributed by atoms with Gasteiger partial charge in [-0.15, -0.1) is 0 Å². The van der Waals surface area contributed by atoms with Crippen molar-refractivity contribution in [2.24, 2.45) is 17.6 Å². The van der Waals surface area contributed by atoms with E-state index in [0.29, 0.717) is 11.0 Å². The van der Waals surface area contributed by atoms with E-state index in [0.717, 1.165) is 23.2 Å². The predicted molar refractivity (Wildman–Crippen MR) is 73.0 cm³/mol. The number of nitrogens with zero attached hydrogens (tertiary/aromatic N) is 1. The fourth-order valence-corrected chi connectivity index (χ4v) is 2.57. The van der Waals surface area contributed by atoms with Gasteiger partial charge in [0.05, 0.1) is 5.56 Å². The summed E-state index contributed by atoms with van der Waals surface area (Å²) < 4.78 is 0. The summed E-state index contributed by atoms with van der Waals surface area (Å²) in [5.41, 5.74) is 6.59. The second-order valence-electron chi connectivity index (χ2n) is 5.11. The standard InChI is InChI=1S/C13H17N3S/c14-12(17)10-2-1-7-15-13(10)16-11(8-3-4-8)9-5-6-9/h1-2,7-9,11H,3-6H2,(H2,14,17)(H,15,16). The van der Waals surface area contributed by atoms with Gasteiger partial charge < -0.3 is 11.1 Å². The van der Waals surface area contributed by atoms with Gasteiger partial charge in [-0.1, -0.05) is 12.2 Å². The van der Waals surface area contributed by atoms with Crippen LogP contribution in [-0.2, 0) is 0 Å². The van der Waals surface area contributed by atoms with Gasteiger partial charge in [0.25, 0.3) is 0 Å². The summed E-state index contributed by atoms with van der Waals surface area (Å²) in [7, 11) is 0. The van der Waals surface area contributed by atoms with Crippen molar-refractivity contribution in [1.82, 2.24) is 4.98 Å². The maximum absolute atomic E-state index is 5.73. The molecule has 0 atom stereocenters. The Bertz CT molecular complexity index is 426. The maximum Gasteiger partial charge on any atom is 0.136 e. The zero-order chi connectivity index (χ0) is 11.8. The fourth-order valence-electron chi connectivity index (χ4n) is 2.41. The molecule has 3 N–H and O–H groups in total. The van der Waals surface area contributed by atoms with Gasteiger partial charge in [0, 0.05) is 12.2 Å². The van der Waals surface area contributed by atoms with Gasteiger partial charge >= 0.3 is 0 Å². The molecular formula is C13H17N3S. The summed E-state index contributed by atoms with van der Waals surface area (Å²) in [4.78, 5) is 4.80. The Hall–Kier alpha value is -1.16. The van der Waals surface area contributed by atoms with Crippen LogP contribution in [0.4, 0.5) is 5.82 Å². The van der Waals surface area contributed by atoms with E-state index < -0.39 is 0 Å². The molecule has 3 nitrogen and oxygen atoms in total. The van der Waals surface area contributed by atoms with Crippen molar-refractivity contribution in [3.63, 3.8) is 0 Å². The number of nitrogens with two attached hydrogens (primary N) is 1. The van der Waals surface area contributed by atoms with Crippen molar-refractivity contribution >= 4 is 23.0 Å². The predicted octanol–water partition coefficient (Wildman–Crippen LogP) is 2.32. The number of aromatic nitrogens is 1. The number of thiocarbonyl (C=S) groups is 1. The minimum atomic E-state index is 0.422. The zero-order valence-corrected chi connectivity index (χ0v) is 10.5.